The highest BCUT2D eigenvalue weighted by molar-refractivity contribution is 8.26. The Labute approximate surface area is 196 Å². The topological polar surface area (TPSA) is 62.6 Å². The van der Waals surface area contributed by atoms with E-state index in [2.05, 4.69) is 5.32 Å². The summed E-state index contributed by atoms with van der Waals surface area (Å²) in [6, 6.07) is 17.5. The lowest BCUT2D eigenvalue weighted by Gasteiger charge is -2.16. The molecule has 0 saturated carbocycles. The van der Waals surface area contributed by atoms with Gasteiger partial charge in [-0.2, -0.15) is 13.2 Å². The van der Waals surface area contributed by atoms with Gasteiger partial charge in [-0.3, -0.25) is 14.5 Å². The molecule has 168 valence electrons. The van der Waals surface area contributed by atoms with Gasteiger partial charge in [0.15, 0.2) is 0 Å². The third kappa shape index (κ3) is 5.18. The number of hydrogen-bond acceptors (Lipinski definition) is 5. The van der Waals surface area contributed by atoms with E-state index in [1.807, 2.05) is 30.3 Å². The van der Waals surface area contributed by atoms with Crippen LogP contribution in [-0.2, 0) is 15.8 Å². The van der Waals surface area contributed by atoms with E-state index in [1.54, 1.807) is 12.1 Å². The lowest BCUT2D eigenvalue weighted by atomic mass is 10.1. The first-order chi connectivity index (χ1) is 15.7. The number of anilines is 1. The van der Waals surface area contributed by atoms with Crippen LogP contribution in [0.1, 0.15) is 11.3 Å². The minimum Gasteiger partial charge on any atom is -0.457 e. The molecule has 2 heterocycles. The van der Waals surface area contributed by atoms with Gasteiger partial charge in [-0.25, -0.2) is 0 Å². The van der Waals surface area contributed by atoms with Gasteiger partial charge in [-0.15, -0.1) is 0 Å². The van der Waals surface area contributed by atoms with Gasteiger partial charge in [0.1, 0.15) is 22.4 Å². The number of para-hydroxylation sites is 1. The van der Waals surface area contributed by atoms with Gasteiger partial charge in [0, 0.05) is 11.6 Å². The second kappa shape index (κ2) is 9.24. The Hall–Kier alpha value is -3.37. The van der Waals surface area contributed by atoms with Crippen LogP contribution in [0.15, 0.2) is 76.1 Å². The van der Waals surface area contributed by atoms with E-state index in [0.29, 0.717) is 11.5 Å². The maximum Gasteiger partial charge on any atom is 0.418 e. The molecule has 3 aromatic rings. The van der Waals surface area contributed by atoms with Gasteiger partial charge in [0.25, 0.3) is 5.91 Å². The lowest BCUT2D eigenvalue weighted by molar-refractivity contribution is -0.137. The summed E-state index contributed by atoms with van der Waals surface area (Å²) in [4.78, 5) is 26.4. The summed E-state index contributed by atoms with van der Waals surface area (Å²) in [7, 11) is 0. The number of furan rings is 1. The Balaban J connectivity index is 1.46. The minimum atomic E-state index is -4.63. The zero-order valence-electron chi connectivity index (χ0n) is 16.8. The van der Waals surface area contributed by atoms with Crippen LogP contribution in [0.2, 0.25) is 0 Å². The molecule has 2 aromatic carbocycles. The fourth-order valence-electron chi connectivity index (χ4n) is 3.13. The Kier molecular flexibility index (Phi) is 6.39. The maximum absolute atomic E-state index is 13.1. The van der Waals surface area contributed by atoms with Crippen LogP contribution in [0.5, 0.6) is 0 Å². The smallest absolute Gasteiger partial charge is 0.418 e. The summed E-state index contributed by atoms with van der Waals surface area (Å²) in [6.45, 7) is -0.512. The van der Waals surface area contributed by atoms with E-state index in [-0.39, 0.29) is 14.9 Å². The third-order valence-electron chi connectivity index (χ3n) is 4.64. The largest absolute Gasteiger partial charge is 0.457 e. The van der Waals surface area contributed by atoms with Crippen LogP contribution in [0.4, 0.5) is 18.9 Å². The van der Waals surface area contributed by atoms with Crippen molar-refractivity contribution >= 4 is 51.9 Å². The molecule has 10 heteroatoms. The number of benzene rings is 2. The SMILES string of the molecule is O=C(CN1C(=O)/C(=C/c2ccc(-c3ccccc3)o2)SC1=S)Nc1ccccc1C(F)(F)F. The summed E-state index contributed by atoms with van der Waals surface area (Å²) in [5.74, 6) is -0.270. The highest BCUT2D eigenvalue weighted by Gasteiger charge is 2.36. The van der Waals surface area contributed by atoms with Gasteiger partial charge < -0.3 is 9.73 Å². The fourth-order valence-corrected chi connectivity index (χ4v) is 4.36. The number of hydrogen-bond donors (Lipinski definition) is 1. The van der Waals surface area contributed by atoms with Crippen molar-refractivity contribution in [1.29, 1.82) is 0 Å². The van der Waals surface area contributed by atoms with Gasteiger partial charge in [-0.05, 0) is 24.3 Å². The van der Waals surface area contributed by atoms with Crippen molar-refractivity contribution in [2.75, 3.05) is 11.9 Å². The van der Waals surface area contributed by atoms with Gasteiger partial charge in [-0.1, -0.05) is 66.4 Å². The predicted molar refractivity (Wildman–Crippen MR) is 124 cm³/mol. The third-order valence-corrected chi connectivity index (χ3v) is 6.02. The highest BCUT2D eigenvalue weighted by Crippen LogP contribution is 2.36. The number of rotatable bonds is 5. The molecule has 5 nitrogen and oxygen atoms in total. The molecule has 0 bridgehead atoms. The van der Waals surface area contributed by atoms with Crippen molar-refractivity contribution in [3.8, 4) is 11.3 Å². The number of carbonyl (C=O) groups excluding carboxylic acids is 2. The molecule has 1 saturated heterocycles. The standard InChI is InChI=1S/C23H15F3N2O3S2/c24-23(25,26)16-8-4-5-9-17(16)27-20(29)13-28-21(30)19(33-22(28)32)12-15-10-11-18(31-15)14-6-2-1-3-7-14/h1-12H,13H2,(H,27,29)/b19-12-. The van der Waals surface area contributed by atoms with Crippen LogP contribution >= 0.6 is 24.0 Å². The molecule has 1 aliphatic heterocycles. The molecule has 0 unspecified atom stereocenters. The zero-order chi connectivity index (χ0) is 23.6. The average molecular weight is 489 g/mol. The van der Waals surface area contributed by atoms with Crippen molar-refractivity contribution in [3.63, 3.8) is 0 Å². The van der Waals surface area contributed by atoms with E-state index >= 15 is 0 Å². The van der Waals surface area contributed by atoms with Crippen molar-refractivity contribution < 1.29 is 27.2 Å². The molecule has 4 rings (SSSR count). The predicted octanol–water partition coefficient (Wildman–Crippen LogP) is 5.81. The number of nitrogens with zero attached hydrogens (tertiary/aromatic N) is 1. The van der Waals surface area contributed by atoms with Crippen LogP contribution in [0.25, 0.3) is 17.4 Å². The number of nitrogens with one attached hydrogen (secondary N) is 1. The minimum absolute atomic E-state index is 0.125. The maximum atomic E-state index is 13.1. The molecule has 33 heavy (non-hydrogen) atoms. The number of halogens is 3. The summed E-state index contributed by atoms with van der Waals surface area (Å²) in [5, 5.41) is 2.21. The van der Waals surface area contributed by atoms with Gasteiger partial charge in [0.2, 0.25) is 5.91 Å². The number of thioether (sulfide) groups is 1. The Morgan fingerprint density at radius 3 is 2.48 bits per heavy atom. The quantitative estimate of drug-likeness (QED) is 0.363. The molecule has 1 fully saturated rings. The molecule has 1 aromatic heterocycles. The Bertz CT molecular complexity index is 1250. The van der Waals surface area contributed by atoms with E-state index in [1.165, 1.54) is 18.2 Å². The molecule has 1 N–H and O–H groups in total. The van der Waals surface area contributed by atoms with E-state index in [0.717, 1.165) is 34.4 Å². The van der Waals surface area contributed by atoms with Crippen molar-refractivity contribution in [2.24, 2.45) is 0 Å². The highest BCUT2D eigenvalue weighted by atomic mass is 32.2. The molecule has 2 amide bonds. The van der Waals surface area contributed by atoms with Crippen molar-refractivity contribution in [3.05, 3.63) is 83.0 Å². The number of alkyl halides is 3. The van der Waals surface area contributed by atoms with Crippen molar-refractivity contribution in [2.45, 2.75) is 6.18 Å². The molecule has 0 atom stereocenters. The fraction of sp³-hybridized carbons (Fsp3) is 0.0870. The average Bonchev–Trinajstić information content (AvgIpc) is 3.34. The lowest BCUT2D eigenvalue weighted by Crippen LogP contribution is -2.36. The van der Waals surface area contributed by atoms with Gasteiger partial charge in [0.05, 0.1) is 16.2 Å². The molecule has 0 radical (unpaired) electrons. The first-order valence-electron chi connectivity index (χ1n) is 9.59. The number of carbonyl (C=O) groups is 2. The second-order valence-corrected chi connectivity index (χ2v) is 8.60. The summed E-state index contributed by atoms with van der Waals surface area (Å²) >= 11 is 6.18. The van der Waals surface area contributed by atoms with Crippen LogP contribution in [0, 0.1) is 0 Å². The first kappa shape index (κ1) is 22.8. The van der Waals surface area contributed by atoms with Crippen molar-refractivity contribution in [1.82, 2.24) is 4.90 Å². The van der Waals surface area contributed by atoms with Crippen LogP contribution in [-0.4, -0.2) is 27.6 Å². The number of amides is 2. The molecular formula is C23H15F3N2O3S2. The van der Waals surface area contributed by atoms with E-state index in [9.17, 15) is 22.8 Å². The monoisotopic (exact) mass is 488 g/mol. The second-order valence-electron chi connectivity index (χ2n) is 6.93. The molecular weight excluding hydrogens is 473 g/mol. The Morgan fingerprint density at radius 1 is 1.06 bits per heavy atom. The number of thiocarbonyl (C=S) groups is 1. The summed E-state index contributed by atoms with van der Waals surface area (Å²) in [6.07, 6.45) is -3.11. The summed E-state index contributed by atoms with van der Waals surface area (Å²) < 4.78 is 45.3. The Morgan fingerprint density at radius 2 is 1.76 bits per heavy atom. The zero-order valence-corrected chi connectivity index (χ0v) is 18.4. The van der Waals surface area contributed by atoms with E-state index < -0.39 is 30.1 Å². The van der Waals surface area contributed by atoms with Gasteiger partial charge >= 0.3 is 6.18 Å². The van der Waals surface area contributed by atoms with E-state index in [4.69, 9.17) is 16.6 Å². The molecule has 0 spiro atoms. The normalized spacial score (nSPS) is 15.4. The first-order valence-corrected chi connectivity index (χ1v) is 10.8. The van der Waals surface area contributed by atoms with Crippen LogP contribution < -0.4 is 5.32 Å². The molecule has 1 aliphatic rings. The van der Waals surface area contributed by atoms with Crippen LogP contribution in [0.3, 0.4) is 0 Å². The summed E-state index contributed by atoms with van der Waals surface area (Å²) in [5.41, 5.74) is -0.490. The molecule has 0 aliphatic carbocycles.